The Morgan fingerprint density at radius 2 is 1.76 bits per heavy atom. The van der Waals surface area contributed by atoms with E-state index in [1.807, 2.05) is 30.3 Å². The molecule has 1 saturated heterocycles. The molecule has 0 unspecified atom stereocenters. The van der Waals surface area contributed by atoms with Gasteiger partial charge in [-0.25, -0.2) is 9.97 Å². The van der Waals surface area contributed by atoms with E-state index in [1.165, 1.54) is 5.69 Å². The number of benzene rings is 2. The summed E-state index contributed by atoms with van der Waals surface area (Å²) in [6.07, 6.45) is 7.25. The van der Waals surface area contributed by atoms with Crippen molar-refractivity contribution in [1.29, 1.82) is 0 Å². The molecule has 2 aliphatic rings. The molecule has 2 heterocycles. The van der Waals surface area contributed by atoms with Crippen LogP contribution in [-0.4, -0.2) is 49.0 Å². The number of carbonyl (C=O) groups is 1. The van der Waals surface area contributed by atoms with Gasteiger partial charge in [0, 0.05) is 50.6 Å². The number of carbonyl (C=O) groups excluding carboxylic acids is 1. The Balaban J connectivity index is 1.27. The molecule has 0 N–H and O–H groups in total. The predicted molar refractivity (Wildman–Crippen MR) is 131 cm³/mol. The SMILES string of the molecule is COc1cccc(N2CCN(c3ncc4c(n3)C[C@H](/C=C/c3ccccc3)CC4=O)CC2)c1. The number of ether oxygens (including phenoxy) is 1. The van der Waals surface area contributed by atoms with Crippen LogP contribution in [-0.2, 0) is 6.42 Å². The molecule has 1 aliphatic heterocycles. The van der Waals surface area contributed by atoms with Gasteiger partial charge in [-0.1, -0.05) is 48.6 Å². The fourth-order valence-electron chi connectivity index (χ4n) is 4.54. The molecule has 1 fully saturated rings. The lowest BCUT2D eigenvalue weighted by molar-refractivity contribution is 0.0957. The number of fused-ring (bicyclic) bond motifs is 1. The molecule has 1 aliphatic carbocycles. The first-order valence-corrected chi connectivity index (χ1v) is 11.5. The molecule has 0 spiro atoms. The summed E-state index contributed by atoms with van der Waals surface area (Å²) in [5, 5.41) is 0. The second-order valence-electron chi connectivity index (χ2n) is 8.57. The van der Waals surface area contributed by atoms with Crippen LogP contribution in [0.2, 0.25) is 0 Å². The van der Waals surface area contributed by atoms with Crippen LogP contribution in [0.5, 0.6) is 5.75 Å². The van der Waals surface area contributed by atoms with Gasteiger partial charge in [-0.3, -0.25) is 4.79 Å². The Kier molecular flexibility index (Phi) is 6.07. The number of nitrogens with zero attached hydrogens (tertiary/aromatic N) is 4. The van der Waals surface area contributed by atoms with Gasteiger partial charge in [-0.15, -0.1) is 0 Å². The number of hydrogen-bond donors (Lipinski definition) is 0. The lowest BCUT2D eigenvalue weighted by Gasteiger charge is -2.36. The minimum absolute atomic E-state index is 0.133. The first-order chi connectivity index (χ1) is 16.2. The molecule has 1 atom stereocenters. The van der Waals surface area contributed by atoms with Crippen LogP contribution >= 0.6 is 0 Å². The standard InChI is InChI=1S/C27H28N4O2/c1-33-23-9-5-8-22(18-23)30-12-14-31(15-13-30)27-28-19-24-25(29-27)16-21(17-26(24)32)11-10-20-6-3-2-4-7-20/h2-11,18-19,21H,12-17H2,1H3/b11-10+/t21-/m0/s1. The summed E-state index contributed by atoms with van der Waals surface area (Å²) in [7, 11) is 1.69. The van der Waals surface area contributed by atoms with E-state index in [2.05, 4.69) is 51.2 Å². The number of ketones is 1. The van der Waals surface area contributed by atoms with Crippen molar-refractivity contribution in [2.24, 2.45) is 5.92 Å². The molecule has 6 nitrogen and oxygen atoms in total. The van der Waals surface area contributed by atoms with Crippen molar-refractivity contribution in [2.75, 3.05) is 43.1 Å². The Hall–Kier alpha value is -3.67. The monoisotopic (exact) mass is 440 g/mol. The topological polar surface area (TPSA) is 58.6 Å². The van der Waals surface area contributed by atoms with E-state index in [4.69, 9.17) is 9.72 Å². The molecule has 5 rings (SSSR count). The van der Waals surface area contributed by atoms with Crippen LogP contribution in [0.1, 0.15) is 28.0 Å². The Labute approximate surface area is 194 Å². The highest BCUT2D eigenvalue weighted by molar-refractivity contribution is 5.98. The van der Waals surface area contributed by atoms with E-state index in [0.717, 1.165) is 55.6 Å². The Morgan fingerprint density at radius 1 is 0.970 bits per heavy atom. The number of anilines is 2. The van der Waals surface area contributed by atoms with Gasteiger partial charge in [0.2, 0.25) is 5.95 Å². The van der Waals surface area contributed by atoms with Crippen molar-refractivity contribution in [2.45, 2.75) is 12.8 Å². The number of methoxy groups -OCH3 is 1. The first kappa shape index (κ1) is 21.2. The van der Waals surface area contributed by atoms with Crippen LogP contribution in [0.15, 0.2) is 66.9 Å². The molecule has 0 amide bonds. The summed E-state index contributed by atoms with van der Waals surface area (Å²) >= 11 is 0. The number of hydrogen-bond acceptors (Lipinski definition) is 6. The minimum atomic E-state index is 0.133. The maximum Gasteiger partial charge on any atom is 0.225 e. The number of piperazine rings is 1. The summed E-state index contributed by atoms with van der Waals surface area (Å²) < 4.78 is 5.36. The predicted octanol–water partition coefficient (Wildman–Crippen LogP) is 4.27. The summed E-state index contributed by atoms with van der Waals surface area (Å²) in [6, 6.07) is 18.4. The van der Waals surface area contributed by atoms with Gasteiger partial charge in [0.05, 0.1) is 18.4 Å². The largest absolute Gasteiger partial charge is 0.497 e. The number of Topliss-reactive ketones (excluding diaryl/α,β-unsaturated/α-hetero) is 1. The highest BCUT2D eigenvalue weighted by Crippen LogP contribution is 2.28. The molecule has 0 saturated carbocycles. The molecule has 6 heteroatoms. The second kappa shape index (κ2) is 9.45. The highest BCUT2D eigenvalue weighted by atomic mass is 16.5. The van der Waals surface area contributed by atoms with Crippen LogP contribution < -0.4 is 14.5 Å². The number of allylic oxidation sites excluding steroid dienone is 1. The quantitative estimate of drug-likeness (QED) is 0.591. The van der Waals surface area contributed by atoms with Gasteiger partial charge in [-0.05, 0) is 30.0 Å². The van der Waals surface area contributed by atoms with Gasteiger partial charge in [-0.2, -0.15) is 0 Å². The van der Waals surface area contributed by atoms with Crippen molar-refractivity contribution in [3.8, 4) is 5.75 Å². The minimum Gasteiger partial charge on any atom is -0.497 e. The number of aromatic nitrogens is 2. The average Bonchev–Trinajstić information content (AvgIpc) is 2.88. The summed E-state index contributed by atoms with van der Waals surface area (Å²) in [5.74, 6) is 1.89. The van der Waals surface area contributed by atoms with Crippen LogP contribution in [0.3, 0.4) is 0 Å². The highest BCUT2D eigenvalue weighted by Gasteiger charge is 2.27. The third kappa shape index (κ3) is 4.75. The zero-order chi connectivity index (χ0) is 22.6. The maximum atomic E-state index is 12.7. The lowest BCUT2D eigenvalue weighted by atomic mass is 9.86. The second-order valence-corrected chi connectivity index (χ2v) is 8.57. The fraction of sp³-hybridized carbons (Fsp3) is 0.296. The normalized spacial score (nSPS) is 18.5. The van der Waals surface area contributed by atoms with Gasteiger partial charge in [0.15, 0.2) is 5.78 Å². The third-order valence-corrected chi connectivity index (χ3v) is 6.40. The first-order valence-electron chi connectivity index (χ1n) is 11.5. The fourth-order valence-corrected chi connectivity index (χ4v) is 4.54. The van der Waals surface area contributed by atoms with Gasteiger partial charge in [0.1, 0.15) is 5.75 Å². The maximum absolute atomic E-state index is 12.7. The molecular formula is C27H28N4O2. The molecule has 33 heavy (non-hydrogen) atoms. The summed E-state index contributed by atoms with van der Waals surface area (Å²) in [6.45, 7) is 3.44. The molecule has 1 aromatic heterocycles. The van der Waals surface area contributed by atoms with E-state index < -0.39 is 0 Å². The van der Waals surface area contributed by atoms with E-state index in [0.29, 0.717) is 12.0 Å². The molecule has 2 aromatic carbocycles. The average molecular weight is 441 g/mol. The van der Waals surface area contributed by atoms with Gasteiger partial charge < -0.3 is 14.5 Å². The van der Waals surface area contributed by atoms with Crippen LogP contribution in [0.4, 0.5) is 11.6 Å². The Morgan fingerprint density at radius 3 is 2.55 bits per heavy atom. The molecular weight excluding hydrogens is 412 g/mol. The zero-order valence-electron chi connectivity index (χ0n) is 18.9. The van der Waals surface area contributed by atoms with Gasteiger partial charge in [0.25, 0.3) is 0 Å². The van der Waals surface area contributed by atoms with Crippen LogP contribution in [0, 0.1) is 5.92 Å². The van der Waals surface area contributed by atoms with Crippen molar-refractivity contribution in [3.63, 3.8) is 0 Å². The van der Waals surface area contributed by atoms with Crippen molar-refractivity contribution in [1.82, 2.24) is 9.97 Å². The van der Waals surface area contributed by atoms with E-state index in [9.17, 15) is 4.79 Å². The molecule has 168 valence electrons. The Bertz CT molecular complexity index is 1150. The summed E-state index contributed by atoms with van der Waals surface area (Å²) in [5.41, 5.74) is 3.86. The van der Waals surface area contributed by atoms with Gasteiger partial charge >= 0.3 is 0 Å². The third-order valence-electron chi connectivity index (χ3n) is 6.40. The van der Waals surface area contributed by atoms with Crippen molar-refractivity contribution >= 4 is 23.5 Å². The summed E-state index contributed by atoms with van der Waals surface area (Å²) in [4.78, 5) is 26.7. The van der Waals surface area contributed by atoms with Crippen LogP contribution in [0.25, 0.3) is 6.08 Å². The smallest absolute Gasteiger partial charge is 0.225 e. The molecule has 3 aromatic rings. The molecule has 0 bridgehead atoms. The number of rotatable bonds is 5. The van der Waals surface area contributed by atoms with E-state index in [1.54, 1.807) is 13.3 Å². The molecule has 0 radical (unpaired) electrons. The van der Waals surface area contributed by atoms with E-state index in [-0.39, 0.29) is 11.7 Å². The lowest BCUT2D eigenvalue weighted by Crippen LogP contribution is -2.47. The zero-order valence-corrected chi connectivity index (χ0v) is 18.9. The van der Waals surface area contributed by atoms with Crippen molar-refractivity contribution in [3.05, 3.63) is 83.7 Å². The van der Waals surface area contributed by atoms with E-state index >= 15 is 0 Å². The van der Waals surface area contributed by atoms with Crippen molar-refractivity contribution < 1.29 is 9.53 Å².